The summed E-state index contributed by atoms with van der Waals surface area (Å²) in [6.07, 6.45) is 6.85. The highest BCUT2D eigenvalue weighted by atomic mass is 32.2. The number of rotatable bonds is 7. The van der Waals surface area contributed by atoms with E-state index in [1.165, 1.54) is 0 Å². The van der Waals surface area contributed by atoms with Crippen molar-refractivity contribution in [2.24, 2.45) is 0 Å². The molecular formula is C15H24N4O3S. The quantitative estimate of drug-likeness (QED) is 0.735. The largest absolute Gasteiger partial charge is 0.352 e. The van der Waals surface area contributed by atoms with Crippen molar-refractivity contribution in [2.45, 2.75) is 31.8 Å². The molecule has 128 valence electrons. The summed E-state index contributed by atoms with van der Waals surface area (Å²) < 4.78 is 24.3. The van der Waals surface area contributed by atoms with Crippen molar-refractivity contribution in [1.29, 1.82) is 0 Å². The van der Waals surface area contributed by atoms with Crippen molar-refractivity contribution in [3.63, 3.8) is 0 Å². The number of nitrogens with zero attached hydrogens (tertiary/aromatic N) is 2. The summed E-state index contributed by atoms with van der Waals surface area (Å²) in [7, 11) is -3.24. The SMILES string of the molecule is CS(=O)(=O)NCCC(=O)N[C@@H]1CCCN(Cc2cccnc2)C1. The normalized spacial score (nSPS) is 19.4. The number of piperidine rings is 1. The molecule has 0 aliphatic carbocycles. The van der Waals surface area contributed by atoms with Crippen molar-refractivity contribution in [1.82, 2.24) is 19.9 Å². The first-order chi connectivity index (χ1) is 10.9. The highest BCUT2D eigenvalue weighted by Crippen LogP contribution is 2.13. The van der Waals surface area contributed by atoms with Gasteiger partial charge in [0.1, 0.15) is 0 Å². The maximum Gasteiger partial charge on any atom is 0.221 e. The molecular weight excluding hydrogens is 316 g/mol. The molecule has 23 heavy (non-hydrogen) atoms. The first-order valence-electron chi connectivity index (χ1n) is 7.77. The molecule has 0 bridgehead atoms. The Morgan fingerprint density at radius 3 is 3.00 bits per heavy atom. The maximum absolute atomic E-state index is 11.9. The minimum absolute atomic E-state index is 0.116. The third-order valence-electron chi connectivity index (χ3n) is 3.72. The van der Waals surface area contributed by atoms with Crippen LogP contribution in [0.5, 0.6) is 0 Å². The minimum Gasteiger partial charge on any atom is -0.352 e. The summed E-state index contributed by atoms with van der Waals surface area (Å²) in [5, 5.41) is 2.99. The van der Waals surface area contributed by atoms with Crippen molar-refractivity contribution < 1.29 is 13.2 Å². The van der Waals surface area contributed by atoms with Crippen LogP contribution < -0.4 is 10.0 Å². The summed E-state index contributed by atoms with van der Waals surface area (Å²) in [4.78, 5) is 18.3. The summed E-state index contributed by atoms with van der Waals surface area (Å²) in [6, 6.07) is 4.09. The number of pyridine rings is 1. The van der Waals surface area contributed by atoms with Crippen LogP contribution in [0.25, 0.3) is 0 Å². The number of hydrogen-bond acceptors (Lipinski definition) is 5. The molecule has 0 unspecified atom stereocenters. The van der Waals surface area contributed by atoms with Gasteiger partial charge in [0.15, 0.2) is 0 Å². The molecule has 0 spiro atoms. The molecule has 2 rings (SSSR count). The predicted molar refractivity (Wildman–Crippen MR) is 88.1 cm³/mol. The van der Waals surface area contributed by atoms with E-state index in [2.05, 4.69) is 19.9 Å². The van der Waals surface area contributed by atoms with Crippen molar-refractivity contribution >= 4 is 15.9 Å². The van der Waals surface area contributed by atoms with E-state index in [1.807, 2.05) is 18.3 Å². The lowest BCUT2D eigenvalue weighted by atomic mass is 10.0. The number of amides is 1. The average molecular weight is 340 g/mol. The molecule has 0 aromatic carbocycles. The second kappa shape index (κ2) is 8.37. The lowest BCUT2D eigenvalue weighted by Crippen LogP contribution is -2.47. The van der Waals surface area contributed by atoms with Crippen molar-refractivity contribution in [2.75, 3.05) is 25.9 Å². The number of nitrogens with one attached hydrogen (secondary N) is 2. The van der Waals surface area contributed by atoms with Gasteiger partial charge in [0.05, 0.1) is 6.26 Å². The molecule has 1 atom stereocenters. The van der Waals surface area contributed by atoms with Crippen LogP contribution in [-0.4, -0.2) is 56.1 Å². The number of sulfonamides is 1. The Bertz CT molecular complexity index is 606. The Kier molecular flexibility index (Phi) is 6.49. The molecule has 0 saturated carbocycles. The van der Waals surface area contributed by atoms with Gasteiger partial charge in [0.2, 0.25) is 15.9 Å². The van der Waals surface area contributed by atoms with E-state index in [9.17, 15) is 13.2 Å². The van der Waals surface area contributed by atoms with Gasteiger partial charge in [-0.2, -0.15) is 0 Å². The van der Waals surface area contributed by atoms with Crippen LogP contribution in [-0.2, 0) is 21.4 Å². The second-order valence-electron chi connectivity index (χ2n) is 5.92. The third-order valence-corrected chi connectivity index (χ3v) is 4.44. The molecule has 7 nitrogen and oxygen atoms in total. The van der Waals surface area contributed by atoms with Crippen molar-refractivity contribution in [3.05, 3.63) is 30.1 Å². The van der Waals surface area contributed by atoms with Gasteiger partial charge in [-0.25, -0.2) is 13.1 Å². The molecule has 1 saturated heterocycles. The predicted octanol–water partition coefficient (Wildman–Crippen LogP) is 0.102. The molecule has 0 radical (unpaired) electrons. The number of aromatic nitrogens is 1. The molecule has 1 amide bonds. The zero-order valence-corrected chi connectivity index (χ0v) is 14.2. The molecule has 8 heteroatoms. The Morgan fingerprint density at radius 1 is 1.48 bits per heavy atom. The zero-order valence-electron chi connectivity index (χ0n) is 13.4. The van der Waals surface area contributed by atoms with E-state index in [1.54, 1.807) is 6.20 Å². The fraction of sp³-hybridized carbons (Fsp3) is 0.600. The average Bonchev–Trinajstić information content (AvgIpc) is 2.47. The Hall–Kier alpha value is -1.51. The molecule has 1 aromatic heterocycles. The fourth-order valence-corrected chi connectivity index (χ4v) is 3.19. The first-order valence-corrected chi connectivity index (χ1v) is 9.67. The number of carbonyl (C=O) groups excluding carboxylic acids is 1. The molecule has 1 aromatic rings. The van der Waals surface area contributed by atoms with Gasteiger partial charge < -0.3 is 5.32 Å². The monoisotopic (exact) mass is 340 g/mol. The van der Waals surface area contributed by atoms with Gasteiger partial charge in [0, 0.05) is 44.5 Å². The topological polar surface area (TPSA) is 91.4 Å². The summed E-state index contributed by atoms with van der Waals surface area (Å²) in [5.41, 5.74) is 1.16. The number of carbonyl (C=O) groups is 1. The lowest BCUT2D eigenvalue weighted by Gasteiger charge is -2.33. The van der Waals surface area contributed by atoms with E-state index in [0.717, 1.165) is 44.3 Å². The van der Waals surface area contributed by atoms with Crippen LogP contribution in [0.15, 0.2) is 24.5 Å². The van der Waals surface area contributed by atoms with Crippen LogP contribution in [0, 0.1) is 0 Å². The van der Waals surface area contributed by atoms with Crippen molar-refractivity contribution in [3.8, 4) is 0 Å². The van der Waals surface area contributed by atoms with Crippen LogP contribution >= 0.6 is 0 Å². The van der Waals surface area contributed by atoms with Crippen LogP contribution in [0.1, 0.15) is 24.8 Å². The molecule has 2 N–H and O–H groups in total. The fourth-order valence-electron chi connectivity index (χ4n) is 2.72. The molecule has 1 aliphatic rings. The Labute approximate surface area is 137 Å². The van der Waals surface area contributed by atoms with E-state index < -0.39 is 10.0 Å². The number of hydrogen-bond donors (Lipinski definition) is 2. The van der Waals surface area contributed by atoms with Gasteiger partial charge in [-0.05, 0) is 31.0 Å². The highest BCUT2D eigenvalue weighted by Gasteiger charge is 2.21. The van der Waals surface area contributed by atoms with Gasteiger partial charge in [-0.3, -0.25) is 14.7 Å². The zero-order chi connectivity index (χ0) is 16.7. The lowest BCUT2D eigenvalue weighted by molar-refractivity contribution is -0.122. The minimum atomic E-state index is -3.24. The van der Waals surface area contributed by atoms with Crippen LogP contribution in [0.2, 0.25) is 0 Å². The smallest absolute Gasteiger partial charge is 0.221 e. The first kappa shape index (κ1) is 17.8. The highest BCUT2D eigenvalue weighted by molar-refractivity contribution is 7.88. The summed E-state index contributed by atoms with van der Waals surface area (Å²) >= 11 is 0. The number of likely N-dealkylation sites (tertiary alicyclic amines) is 1. The molecule has 1 aliphatic heterocycles. The Morgan fingerprint density at radius 2 is 2.30 bits per heavy atom. The standard InChI is InChI=1S/C15H24N4O3S/c1-23(21,22)17-8-6-15(20)18-14-5-3-9-19(12-14)11-13-4-2-7-16-10-13/h2,4,7,10,14,17H,3,5-6,8-9,11-12H2,1H3,(H,18,20)/t14-/m1/s1. The summed E-state index contributed by atoms with van der Waals surface area (Å²) in [5.74, 6) is -0.116. The van der Waals surface area contributed by atoms with Gasteiger partial charge in [-0.15, -0.1) is 0 Å². The van der Waals surface area contributed by atoms with Gasteiger partial charge in [0.25, 0.3) is 0 Å². The van der Waals surface area contributed by atoms with Gasteiger partial charge in [-0.1, -0.05) is 6.07 Å². The van der Waals surface area contributed by atoms with E-state index in [4.69, 9.17) is 0 Å². The summed E-state index contributed by atoms with van der Waals surface area (Å²) in [6.45, 7) is 2.78. The van der Waals surface area contributed by atoms with E-state index in [0.29, 0.717) is 0 Å². The molecule has 1 fully saturated rings. The second-order valence-corrected chi connectivity index (χ2v) is 7.75. The van der Waals surface area contributed by atoms with E-state index >= 15 is 0 Å². The molecule has 2 heterocycles. The van der Waals surface area contributed by atoms with Crippen LogP contribution in [0.3, 0.4) is 0 Å². The van der Waals surface area contributed by atoms with Gasteiger partial charge >= 0.3 is 0 Å². The van der Waals surface area contributed by atoms with E-state index in [-0.39, 0.29) is 24.9 Å². The third kappa shape index (κ3) is 7.06. The maximum atomic E-state index is 11.9. The Balaban J connectivity index is 1.74. The van der Waals surface area contributed by atoms with Crippen LogP contribution in [0.4, 0.5) is 0 Å².